The van der Waals surface area contributed by atoms with Gasteiger partial charge < -0.3 is 14.0 Å². The van der Waals surface area contributed by atoms with Crippen molar-refractivity contribution in [2.24, 2.45) is 13.0 Å². The average Bonchev–Trinajstić information content (AvgIpc) is 3.15. The summed E-state index contributed by atoms with van der Waals surface area (Å²) in [7, 11) is -0.939. The standard InChI is InChI=1S/C17H21N3O4S2/c1-20-16(8-12-6-7-26(21,22)11-12)18-19-17(20)25-10-13-9-23-14-4-2-3-5-15(14)24-13/h2-5,12-13H,6-11H2,1H3/t12-,13-/m1/s1. The monoisotopic (exact) mass is 395 g/mol. The van der Waals surface area contributed by atoms with E-state index in [2.05, 4.69) is 10.2 Å². The molecule has 0 N–H and O–H groups in total. The summed E-state index contributed by atoms with van der Waals surface area (Å²) in [5.74, 6) is 3.78. The number of sulfone groups is 1. The van der Waals surface area contributed by atoms with E-state index in [9.17, 15) is 8.42 Å². The first-order valence-electron chi connectivity index (χ1n) is 8.60. The van der Waals surface area contributed by atoms with Gasteiger partial charge in [0.15, 0.2) is 26.5 Å². The number of ether oxygens (including phenoxy) is 2. The highest BCUT2D eigenvalue weighted by Gasteiger charge is 2.29. The molecule has 0 unspecified atom stereocenters. The summed E-state index contributed by atoms with van der Waals surface area (Å²) in [6.07, 6.45) is 1.32. The van der Waals surface area contributed by atoms with E-state index in [1.807, 2.05) is 35.9 Å². The third kappa shape index (κ3) is 3.83. The highest BCUT2D eigenvalue weighted by atomic mass is 32.2. The van der Waals surface area contributed by atoms with Gasteiger partial charge in [-0.2, -0.15) is 0 Å². The van der Waals surface area contributed by atoms with Crippen LogP contribution in [0.25, 0.3) is 0 Å². The van der Waals surface area contributed by atoms with Gasteiger partial charge in [-0.25, -0.2) is 8.42 Å². The fourth-order valence-electron chi connectivity index (χ4n) is 3.25. The van der Waals surface area contributed by atoms with Crippen LogP contribution in [0.5, 0.6) is 11.5 Å². The summed E-state index contributed by atoms with van der Waals surface area (Å²) < 4.78 is 36.9. The maximum atomic E-state index is 11.6. The third-order valence-corrected chi connectivity index (χ3v) is 7.68. The van der Waals surface area contributed by atoms with E-state index in [1.165, 1.54) is 0 Å². The minimum absolute atomic E-state index is 0.0463. The molecule has 0 aliphatic carbocycles. The van der Waals surface area contributed by atoms with Crippen molar-refractivity contribution >= 4 is 21.6 Å². The minimum Gasteiger partial charge on any atom is -0.486 e. The smallest absolute Gasteiger partial charge is 0.191 e. The number of para-hydroxylation sites is 2. The topological polar surface area (TPSA) is 83.3 Å². The van der Waals surface area contributed by atoms with Crippen molar-refractivity contribution in [2.45, 2.75) is 24.1 Å². The van der Waals surface area contributed by atoms with Gasteiger partial charge in [0, 0.05) is 19.2 Å². The normalized spacial score (nSPS) is 23.9. The molecule has 140 valence electrons. The second-order valence-corrected chi connectivity index (χ2v) is 9.96. The maximum absolute atomic E-state index is 11.6. The highest BCUT2D eigenvalue weighted by molar-refractivity contribution is 7.99. The van der Waals surface area contributed by atoms with E-state index in [1.54, 1.807) is 11.8 Å². The summed E-state index contributed by atoms with van der Waals surface area (Å²) >= 11 is 1.57. The summed E-state index contributed by atoms with van der Waals surface area (Å²) in [5, 5.41) is 9.31. The predicted octanol–water partition coefficient (Wildman–Crippen LogP) is 1.72. The average molecular weight is 396 g/mol. The highest BCUT2D eigenvalue weighted by Crippen LogP contribution is 2.32. The molecule has 26 heavy (non-hydrogen) atoms. The summed E-state index contributed by atoms with van der Waals surface area (Å²) in [5.41, 5.74) is 0. The van der Waals surface area contributed by atoms with Crippen LogP contribution in [0.15, 0.2) is 29.4 Å². The first kappa shape index (κ1) is 17.7. The summed E-state index contributed by atoms with van der Waals surface area (Å²) in [6, 6.07) is 7.66. The Morgan fingerprint density at radius 2 is 2.08 bits per heavy atom. The lowest BCUT2D eigenvalue weighted by Gasteiger charge is -2.25. The zero-order valence-electron chi connectivity index (χ0n) is 14.5. The van der Waals surface area contributed by atoms with Gasteiger partial charge in [-0.1, -0.05) is 23.9 Å². The Morgan fingerprint density at radius 1 is 1.27 bits per heavy atom. The molecule has 1 saturated heterocycles. The van der Waals surface area contributed by atoms with Gasteiger partial charge in [-0.05, 0) is 24.5 Å². The van der Waals surface area contributed by atoms with Crippen molar-refractivity contribution in [3.63, 3.8) is 0 Å². The zero-order valence-corrected chi connectivity index (χ0v) is 16.1. The number of aromatic nitrogens is 3. The van der Waals surface area contributed by atoms with Crippen LogP contribution < -0.4 is 9.47 Å². The van der Waals surface area contributed by atoms with Crippen molar-refractivity contribution in [2.75, 3.05) is 23.9 Å². The van der Waals surface area contributed by atoms with Gasteiger partial charge >= 0.3 is 0 Å². The summed E-state index contributed by atoms with van der Waals surface area (Å²) in [6.45, 7) is 0.509. The number of benzene rings is 1. The molecule has 3 heterocycles. The Bertz CT molecular complexity index is 897. The molecule has 0 saturated carbocycles. The lowest BCUT2D eigenvalue weighted by molar-refractivity contribution is 0.107. The second-order valence-electron chi connectivity index (χ2n) is 6.74. The van der Waals surface area contributed by atoms with Crippen molar-refractivity contribution in [3.05, 3.63) is 30.1 Å². The Morgan fingerprint density at radius 3 is 2.85 bits per heavy atom. The number of nitrogens with zero attached hydrogens (tertiary/aromatic N) is 3. The molecule has 0 radical (unpaired) electrons. The van der Waals surface area contributed by atoms with E-state index >= 15 is 0 Å². The van der Waals surface area contributed by atoms with E-state index < -0.39 is 9.84 Å². The molecule has 2 aliphatic heterocycles. The van der Waals surface area contributed by atoms with Crippen LogP contribution in [0, 0.1) is 5.92 Å². The first-order valence-corrected chi connectivity index (χ1v) is 11.4. The molecule has 1 aromatic carbocycles. The fraction of sp³-hybridized carbons (Fsp3) is 0.529. The van der Waals surface area contributed by atoms with Crippen LogP contribution in [0.4, 0.5) is 0 Å². The van der Waals surface area contributed by atoms with Crippen LogP contribution in [0.2, 0.25) is 0 Å². The Balaban J connectivity index is 1.34. The number of hydrogen-bond acceptors (Lipinski definition) is 7. The van der Waals surface area contributed by atoms with Crippen LogP contribution in [-0.4, -0.2) is 53.2 Å². The summed E-state index contributed by atoms with van der Waals surface area (Å²) in [4.78, 5) is 0. The number of thioether (sulfide) groups is 1. The zero-order chi connectivity index (χ0) is 18.1. The van der Waals surface area contributed by atoms with Gasteiger partial charge in [0.05, 0.1) is 11.5 Å². The molecule has 0 bridgehead atoms. The lowest BCUT2D eigenvalue weighted by Crippen LogP contribution is -2.31. The van der Waals surface area contributed by atoms with Crippen molar-refractivity contribution in [1.29, 1.82) is 0 Å². The second kappa shape index (κ2) is 7.11. The Labute approximate surface area is 157 Å². The van der Waals surface area contributed by atoms with Crippen LogP contribution in [0.3, 0.4) is 0 Å². The third-order valence-electron chi connectivity index (χ3n) is 4.69. The minimum atomic E-state index is -2.86. The molecule has 1 fully saturated rings. The molecular weight excluding hydrogens is 374 g/mol. The van der Waals surface area contributed by atoms with E-state index in [0.29, 0.717) is 25.2 Å². The Hall–Kier alpha value is -1.74. The van der Waals surface area contributed by atoms with Gasteiger partial charge in [0.2, 0.25) is 0 Å². The molecular formula is C17H21N3O4S2. The SMILES string of the molecule is Cn1c(C[C@H]2CCS(=O)(=O)C2)nnc1SC[C@H]1COc2ccccc2O1. The van der Waals surface area contributed by atoms with Gasteiger partial charge in [-0.3, -0.25) is 0 Å². The maximum Gasteiger partial charge on any atom is 0.191 e. The molecule has 0 spiro atoms. The lowest BCUT2D eigenvalue weighted by atomic mass is 10.1. The first-order chi connectivity index (χ1) is 12.5. The van der Waals surface area contributed by atoms with E-state index in [0.717, 1.165) is 22.5 Å². The van der Waals surface area contributed by atoms with Gasteiger partial charge in [0.25, 0.3) is 0 Å². The van der Waals surface area contributed by atoms with E-state index in [-0.39, 0.29) is 23.5 Å². The molecule has 2 aliphatic rings. The van der Waals surface area contributed by atoms with Crippen LogP contribution in [-0.2, 0) is 23.3 Å². The molecule has 0 amide bonds. The molecule has 2 aromatic rings. The largest absolute Gasteiger partial charge is 0.486 e. The van der Waals surface area contributed by atoms with Crippen LogP contribution >= 0.6 is 11.8 Å². The Kier molecular flexibility index (Phi) is 4.83. The molecule has 7 nitrogen and oxygen atoms in total. The number of rotatable bonds is 5. The molecule has 1 aromatic heterocycles. The molecule has 2 atom stereocenters. The van der Waals surface area contributed by atoms with E-state index in [4.69, 9.17) is 9.47 Å². The fourth-order valence-corrected chi connectivity index (χ4v) is 6.01. The van der Waals surface area contributed by atoms with Crippen LogP contribution in [0.1, 0.15) is 12.2 Å². The number of fused-ring (bicyclic) bond motifs is 1. The number of hydrogen-bond donors (Lipinski definition) is 0. The van der Waals surface area contributed by atoms with Gasteiger partial charge in [0.1, 0.15) is 18.5 Å². The quantitative estimate of drug-likeness (QED) is 0.713. The van der Waals surface area contributed by atoms with Crippen molar-refractivity contribution < 1.29 is 17.9 Å². The van der Waals surface area contributed by atoms with Crippen molar-refractivity contribution in [1.82, 2.24) is 14.8 Å². The predicted molar refractivity (Wildman–Crippen MR) is 98.5 cm³/mol. The molecule has 4 rings (SSSR count). The van der Waals surface area contributed by atoms with Crippen molar-refractivity contribution in [3.8, 4) is 11.5 Å². The van der Waals surface area contributed by atoms with Gasteiger partial charge in [-0.15, -0.1) is 10.2 Å². The molecule has 9 heteroatoms.